The summed E-state index contributed by atoms with van der Waals surface area (Å²) >= 11 is 0. The van der Waals surface area contributed by atoms with Crippen molar-refractivity contribution in [2.75, 3.05) is 6.61 Å². The van der Waals surface area contributed by atoms with Crippen molar-refractivity contribution in [1.29, 1.82) is 0 Å². The number of carbonyl (C=O) groups is 2. The highest BCUT2D eigenvalue weighted by Crippen LogP contribution is 2.35. The number of rotatable bonds is 34. The van der Waals surface area contributed by atoms with Gasteiger partial charge in [0, 0.05) is 25.4 Å². The van der Waals surface area contributed by atoms with Gasteiger partial charge in [-0.05, 0) is 24.7 Å². The van der Waals surface area contributed by atoms with E-state index in [0.29, 0.717) is 19.3 Å². The average Bonchev–Trinajstić information content (AvgIpc) is 2.97. The van der Waals surface area contributed by atoms with Crippen LogP contribution in [0.25, 0.3) is 0 Å². The first-order valence-corrected chi connectivity index (χ1v) is 19.2. The van der Waals surface area contributed by atoms with Gasteiger partial charge in [-0.1, -0.05) is 182 Å². The van der Waals surface area contributed by atoms with E-state index in [9.17, 15) is 14.7 Å². The maximum absolute atomic E-state index is 13.4. The summed E-state index contributed by atoms with van der Waals surface area (Å²) in [5, 5.41) is 9.65. The van der Waals surface area contributed by atoms with Crippen LogP contribution in [-0.2, 0) is 9.59 Å². The highest BCUT2D eigenvalue weighted by molar-refractivity contribution is 5.92. The van der Waals surface area contributed by atoms with Gasteiger partial charge >= 0.3 is 0 Å². The number of carbonyl (C=O) groups excluding carboxylic acids is 2. The molecular formula is C39H77NO3. The Balaban J connectivity index is 4.21. The predicted molar refractivity (Wildman–Crippen MR) is 188 cm³/mol. The molecule has 0 saturated carbocycles. The molecule has 0 bridgehead atoms. The minimum absolute atomic E-state index is 0.00921. The van der Waals surface area contributed by atoms with E-state index < -0.39 is 17.4 Å². The van der Waals surface area contributed by atoms with E-state index in [0.717, 1.165) is 25.7 Å². The third-order valence-electron chi connectivity index (χ3n) is 9.73. The van der Waals surface area contributed by atoms with E-state index in [1.807, 2.05) is 13.8 Å². The summed E-state index contributed by atoms with van der Waals surface area (Å²) in [7, 11) is 0. The van der Waals surface area contributed by atoms with Gasteiger partial charge in [-0.15, -0.1) is 0 Å². The fraction of sp³-hybridized carbons (Fsp3) is 0.949. The number of hydrogen-bond acceptors (Lipinski definition) is 4. The van der Waals surface area contributed by atoms with Crippen molar-refractivity contribution in [3.8, 4) is 0 Å². The highest BCUT2D eigenvalue weighted by Gasteiger charge is 2.40. The Hall–Kier alpha value is -0.740. The summed E-state index contributed by atoms with van der Waals surface area (Å²) in [6, 6.07) is -0.756. The Labute approximate surface area is 269 Å². The van der Waals surface area contributed by atoms with E-state index in [4.69, 9.17) is 5.73 Å². The smallest absolute Gasteiger partial charge is 0.150 e. The van der Waals surface area contributed by atoms with Crippen molar-refractivity contribution >= 4 is 11.6 Å². The van der Waals surface area contributed by atoms with Gasteiger partial charge < -0.3 is 10.8 Å². The Morgan fingerprint density at radius 1 is 0.512 bits per heavy atom. The largest absolute Gasteiger partial charge is 0.396 e. The zero-order chi connectivity index (χ0) is 32.0. The first kappa shape index (κ1) is 42.3. The van der Waals surface area contributed by atoms with Crippen molar-refractivity contribution in [3.63, 3.8) is 0 Å². The third-order valence-corrected chi connectivity index (χ3v) is 9.73. The fourth-order valence-corrected chi connectivity index (χ4v) is 6.71. The Bertz CT molecular complexity index is 632. The number of hydrogen-bond donors (Lipinski definition) is 2. The molecule has 0 amide bonds. The van der Waals surface area contributed by atoms with Crippen LogP contribution in [0, 0.1) is 11.3 Å². The number of Topliss-reactive ketones (excluding diaryl/α,β-unsaturated/α-hetero) is 2. The van der Waals surface area contributed by atoms with Gasteiger partial charge in [0.25, 0.3) is 0 Å². The number of aliphatic hydroxyl groups excluding tert-OH is 1. The highest BCUT2D eigenvalue weighted by atomic mass is 16.3. The van der Waals surface area contributed by atoms with Crippen LogP contribution < -0.4 is 5.73 Å². The Kier molecular flexibility index (Phi) is 29.4. The molecule has 4 nitrogen and oxygen atoms in total. The van der Waals surface area contributed by atoms with Gasteiger partial charge in [-0.2, -0.15) is 0 Å². The van der Waals surface area contributed by atoms with Crippen molar-refractivity contribution in [3.05, 3.63) is 0 Å². The van der Waals surface area contributed by atoms with Crippen LogP contribution in [0.2, 0.25) is 0 Å². The Morgan fingerprint density at radius 2 is 0.791 bits per heavy atom. The summed E-state index contributed by atoms with van der Waals surface area (Å²) in [5.41, 5.74) is 6.04. The molecule has 0 rings (SSSR count). The van der Waals surface area contributed by atoms with Crippen LogP contribution in [-0.4, -0.2) is 29.3 Å². The maximum Gasteiger partial charge on any atom is 0.150 e. The molecule has 0 saturated heterocycles. The third kappa shape index (κ3) is 24.2. The quantitative estimate of drug-likeness (QED) is 0.0713. The Morgan fingerprint density at radius 3 is 1.09 bits per heavy atom. The monoisotopic (exact) mass is 608 g/mol. The number of unbranched alkanes of at least 4 members (excludes halogenated alkanes) is 24. The lowest BCUT2D eigenvalue weighted by atomic mass is 9.68. The van der Waals surface area contributed by atoms with Crippen LogP contribution in [0.1, 0.15) is 214 Å². The molecule has 0 heterocycles. The van der Waals surface area contributed by atoms with Crippen molar-refractivity contribution in [2.24, 2.45) is 17.1 Å². The van der Waals surface area contributed by atoms with Gasteiger partial charge in [0.2, 0.25) is 0 Å². The predicted octanol–water partition coefficient (Wildman–Crippen LogP) is 11.4. The van der Waals surface area contributed by atoms with Crippen LogP contribution in [0.4, 0.5) is 0 Å². The summed E-state index contributed by atoms with van der Waals surface area (Å²) in [6.45, 7) is 8.53. The molecule has 0 spiro atoms. The van der Waals surface area contributed by atoms with E-state index >= 15 is 0 Å². The molecule has 3 N–H and O–H groups in total. The molecule has 0 fully saturated rings. The molecule has 0 aliphatic carbocycles. The first-order chi connectivity index (χ1) is 20.8. The lowest BCUT2D eigenvalue weighted by Crippen LogP contribution is -2.49. The van der Waals surface area contributed by atoms with Crippen LogP contribution in [0.15, 0.2) is 0 Å². The number of aliphatic hydroxyl groups is 1. The minimum Gasteiger partial charge on any atom is -0.396 e. The molecule has 256 valence electrons. The second-order valence-corrected chi connectivity index (χ2v) is 14.4. The summed E-state index contributed by atoms with van der Waals surface area (Å²) < 4.78 is 0. The van der Waals surface area contributed by atoms with Gasteiger partial charge in [0.05, 0.1) is 6.04 Å². The van der Waals surface area contributed by atoms with Crippen molar-refractivity contribution in [2.45, 2.75) is 220 Å². The average molecular weight is 608 g/mol. The molecule has 0 aromatic carbocycles. The maximum atomic E-state index is 13.4. The molecule has 0 aliphatic heterocycles. The van der Waals surface area contributed by atoms with Gasteiger partial charge in [0.1, 0.15) is 11.6 Å². The lowest BCUT2D eigenvalue weighted by molar-refractivity contribution is -0.134. The van der Waals surface area contributed by atoms with Crippen LogP contribution in [0.3, 0.4) is 0 Å². The molecule has 2 unspecified atom stereocenters. The molecule has 0 aromatic heterocycles. The standard InChI is InChI=1S/C39H77NO3/c1-5-7-9-11-13-15-17-19-21-23-25-27-29-31-35(42)37(39(3,4)33-34-41)38(40)36(43)32-30-28-26-24-22-20-18-16-14-12-10-8-6-2/h37-38,41H,5-34,40H2,1-4H3. The van der Waals surface area contributed by atoms with E-state index in [1.165, 1.54) is 141 Å². The second-order valence-electron chi connectivity index (χ2n) is 14.4. The SMILES string of the molecule is CCCCCCCCCCCCCCCC(=O)C(N)C(C(=O)CCCCCCCCCCCCCCC)C(C)(C)CCO. The van der Waals surface area contributed by atoms with Gasteiger partial charge in [-0.25, -0.2) is 0 Å². The normalized spacial score (nSPS) is 13.3. The first-order valence-electron chi connectivity index (χ1n) is 19.2. The summed E-state index contributed by atoms with van der Waals surface area (Å²) in [4.78, 5) is 26.5. The van der Waals surface area contributed by atoms with Crippen LogP contribution in [0.5, 0.6) is 0 Å². The summed E-state index contributed by atoms with van der Waals surface area (Å²) in [5.74, 6) is -0.364. The lowest BCUT2D eigenvalue weighted by Gasteiger charge is -2.36. The van der Waals surface area contributed by atoms with Crippen LogP contribution >= 0.6 is 0 Å². The number of ketones is 2. The molecule has 0 radical (unpaired) electrons. The van der Waals surface area contributed by atoms with Crippen molar-refractivity contribution in [1.82, 2.24) is 0 Å². The molecule has 0 aliphatic rings. The molecule has 4 heteroatoms. The van der Waals surface area contributed by atoms with Gasteiger partial charge in [0.15, 0.2) is 0 Å². The van der Waals surface area contributed by atoms with Gasteiger partial charge in [-0.3, -0.25) is 9.59 Å². The van der Waals surface area contributed by atoms with E-state index in [1.54, 1.807) is 0 Å². The molecular weight excluding hydrogens is 530 g/mol. The fourth-order valence-electron chi connectivity index (χ4n) is 6.71. The molecule has 2 atom stereocenters. The zero-order valence-corrected chi connectivity index (χ0v) is 29.7. The summed E-state index contributed by atoms with van der Waals surface area (Å²) in [6.07, 6.45) is 34.7. The second kappa shape index (κ2) is 29.9. The van der Waals surface area contributed by atoms with E-state index in [2.05, 4.69) is 13.8 Å². The zero-order valence-electron chi connectivity index (χ0n) is 29.7. The van der Waals surface area contributed by atoms with E-state index in [-0.39, 0.29) is 18.2 Å². The van der Waals surface area contributed by atoms with Crippen molar-refractivity contribution < 1.29 is 14.7 Å². The molecule has 43 heavy (non-hydrogen) atoms. The minimum atomic E-state index is -0.756. The molecule has 0 aromatic rings. The number of nitrogens with two attached hydrogens (primary N) is 1. The topological polar surface area (TPSA) is 80.4 Å².